The van der Waals surface area contributed by atoms with Crippen LogP contribution < -0.4 is 11.0 Å². The molecular formula is C11H17N7O10P2. The van der Waals surface area contributed by atoms with Crippen LogP contribution in [-0.2, 0) is 9.13 Å². The molecule has 1 aromatic carbocycles. The van der Waals surface area contributed by atoms with Gasteiger partial charge in [0.25, 0.3) is 11.4 Å². The van der Waals surface area contributed by atoms with E-state index in [4.69, 9.17) is 28.7 Å². The van der Waals surface area contributed by atoms with Crippen LogP contribution in [0.5, 0.6) is 0 Å². The largest absolute Gasteiger partial charge is 0.397 e. The minimum Gasteiger partial charge on any atom is -0.362 e. The molecule has 0 radical (unpaired) electrons. The average Bonchev–Trinajstić information content (AvgIpc) is 3.23. The Bertz CT molecular complexity index is 1010. The van der Waals surface area contributed by atoms with Gasteiger partial charge in [0.15, 0.2) is 5.52 Å². The third-order valence-electron chi connectivity index (χ3n) is 2.42. The number of hydrogen-bond acceptors (Lipinski definition) is 7. The molecule has 3 aromatic rings. The average molecular weight is 469 g/mol. The van der Waals surface area contributed by atoms with E-state index in [0.29, 0.717) is 11.0 Å². The van der Waals surface area contributed by atoms with Crippen LogP contribution in [0, 0.1) is 20.2 Å². The number of nitrogens with one attached hydrogen (secondary N) is 2. The maximum absolute atomic E-state index is 10.5. The SMILES string of the molecule is NP(=O)(O)O.NP(=O)(O)O.O=[N+]([O-])c1cc[nH]c1.O=[N+]([O-])c1cccc2[nH]cnc12. The fourth-order valence-corrected chi connectivity index (χ4v) is 1.53. The van der Waals surface area contributed by atoms with Crippen molar-refractivity contribution in [2.45, 2.75) is 0 Å². The van der Waals surface area contributed by atoms with Gasteiger partial charge in [-0.05, 0) is 6.07 Å². The lowest BCUT2D eigenvalue weighted by atomic mass is 10.3. The van der Waals surface area contributed by atoms with Gasteiger partial charge < -0.3 is 29.5 Å². The van der Waals surface area contributed by atoms with Crippen LogP contribution in [0.3, 0.4) is 0 Å². The predicted molar refractivity (Wildman–Crippen MR) is 103 cm³/mol. The minimum atomic E-state index is -4.14. The number of para-hydroxylation sites is 1. The summed E-state index contributed by atoms with van der Waals surface area (Å²) in [6.45, 7) is 0. The Labute approximate surface area is 166 Å². The molecule has 0 amide bonds. The fraction of sp³-hybridized carbons (Fsp3) is 0. The normalized spacial score (nSPS) is 10.5. The zero-order chi connectivity index (χ0) is 23.5. The molecule has 30 heavy (non-hydrogen) atoms. The molecule has 19 heteroatoms. The van der Waals surface area contributed by atoms with Gasteiger partial charge >= 0.3 is 15.5 Å². The van der Waals surface area contributed by atoms with Gasteiger partial charge in [-0.25, -0.2) is 25.1 Å². The molecule has 17 nitrogen and oxygen atoms in total. The van der Waals surface area contributed by atoms with E-state index in [-0.39, 0.29) is 11.4 Å². The van der Waals surface area contributed by atoms with E-state index in [1.165, 1.54) is 30.9 Å². The number of aromatic nitrogens is 3. The van der Waals surface area contributed by atoms with Crippen molar-refractivity contribution in [3.8, 4) is 0 Å². The van der Waals surface area contributed by atoms with Gasteiger partial charge in [-0.2, -0.15) is 0 Å². The molecule has 0 atom stereocenters. The summed E-state index contributed by atoms with van der Waals surface area (Å²) >= 11 is 0. The van der Waals surface area contributed by atoms with E-state index in [9.17, 15) is 20.2 Å². The lowest BCUT2D eigenvalue weighted by molar-refractivity contribution is -0.384. The van der Waals surface area contributed by atoms with Crippen LogP contribution in [0.2, 0.25) is 0 Å². The Hall–Kier alpha value is -3.01. The molecule has 0 bridgehead atoms. The maximum atomic E-state index is 10.5. The summed E-state index contributed by atoms with van der Waals surface area (Å²) in [5.74, 6) is 0. The number of nitrogens with zero attached hydrogens (tertiary/aromatic N) is 3. The molecule has 0 saturated heterocycles. The number of benzene rings is 1. The first-order chi connectivity index (χ1) is 13.6. The molecule has 166 valence electrons. The second-order valence-electron chi connectivity index (χ2n) is 4.84. The van der Waals surface area contributed by atoms with Crippen molar-refractivity contribution in [2.24, 2.45) is 11.0 Å². The highest BCUT2D eigenvalue weighted by Gasteiger charge is 2.11. The zero-order valence-corrected chi connectivity index (χ0v) is 16.5. The molecule has 0 aliphatic heterocycles. The fourth-order valence-electron chi connectivity index (χ4n) is 1.53. The van der Waals surface area contributed by atoms with E-state index in [1.54, 1.807) is 12.1 Å². The third kappa shape index (κ3) is 14.1. The van der Waals surface area contributed by atoms with Gasteiger partial charge in [0.1, 0.15) is 0 Å². The molecule has 0 unspecified atom stereocenters. The number of nitrogens with two attached hydrogens (primary N) is 2. The molecule has 10 N–H and O–H groups in total. The number of aromatic amines is 2. The maximum Gasteiger partial charge on any atom is 0.397 e. The summed E-state index contributed by atoms with van der Waals surface area (Å²) in [5.41, 5.74) is 9.27. The second-order valence-corrected chi connectivity index (χ2v) is 7.19. The highest BCUT2D eigenvalue weighted by molar-refractivity contribution is 7.49. The van der Waals surface area contributed by atoms with Crippen molar-refractivity contribution >= 4 is 37.9 Å². The number of hydrogen-bond donors (Lipinski definition) is 8. The Balaban J connectivity index is 0.000000408. The number of imidazole rings is 1. The zero-order valence-electron chi connectivity index (χ0n) is 14.7. The van der Waals surface area contributed by atoms with E-state index < -0.39 is 25.3 Å². The highest BCUT2D eigenvalue weighted by Crippen LogP contribution is 2.21. The summed E-state index contributed by atoms with van der Waals surface area (Å²) in [6, 6.07) is 6.21. The van der Waals surface area contributed by atoms with Gasteiger partial charge in [-0.3, -0.25) is 20.2 Å². The lowest BCUT2D eigenvalue weighted by Crippen LogP contribution is -1.88. The summed E-state index contributed by atoms with van der Waals surface area (Å²) < 4.78 is 18.2. The number of non-ortho nitro benzene ring substituents is 1. The molecule has 0 saturated carbocycles. The van der Waals surface area contributed by atoms with Crippen LogP contribution in [0.1, 0.15) is 0 Å². The van der Waals surface area contributed by atoms with E-state index >= 15 is 0 Å². The third-order valence-corrected chi connectivity index (χ3v) is 2.42. The van der Waals surface area contributed by atoms with Crippen LogP contribution in [0.4, 0.5) is 11.4 Å². The molecular weight excluding hydrogens is 452 g/mol. The summed E-state index contributed by atoms with van der Waals surface area (Å²) in [6.07, 6.45) is 4.29. The predicted octanol–water partition coefficient (Wildman–Crippen LogP) is 0.470. The number of H-pyrrole nitrogens is 2. The molecule has 0 aliphatic carbocycles. The van der Waals surface area contributed by atoms with Crippen LogP contribution in [0.15, 0.2) is 43.0 Å². The molecule has 0 fully saturated rings. The quantitative estimate of drug-likeness (QED) is 0.144. The standard InChI is InChI=1S/C7H5N3O2.C4H4N2O2.2H4NO3P/c11-10(12)6-3-1-2-5-7(6)9-4-8-5;7-6(8)4-1-2-5-3-4;2*1-5(2,3)4/h1-4H,(H,8,9);1-3,5H;2*(H4,1,2,3,4). The van der Waals surface area contributed by atoms with Gasteiger partial charge in [0, 0.05) is 18.3 Å². The molecule has 3 rings (SSSR count). The van der Waals surface area contributed by atoms with Gasteiger partial charge in [-0.15, -0.1) is 0 Å². The highest BCUT2D eigenvalue weighted by atomic mass is 31.2. The van der Waals surface area contributed by atoms with Crippen LogP contribution >= 0.6 is 15.5 Å². The van der Waals surface area contributed by atoms with Crippen molar-refractivity contribution in [3.63, 3.8) is 0 Å². The molecule has 2 aromatic heterocycles. The summed E-state index contributed by atoms with van der Waals surface area (Å²) in [4.78, 5) is 58.3. The van der Waals surface area contributed by atoms with Crippen LogP contribution in [-0.4, -0.2) is 44.4 Å². The van der Waals surface area contributed by atoms with Gasteiger partial charge in [-0.1, -0.05) is 6.07 Å². The Morgan fingerprint density at radius 2 is 1.50 bits per heavy atom. The van der Waals surface area contributed by atoms with Crippen molar-refractivity contribution < 1.29 is 38.6 Å². The summed E-state index contributed by atoms with van der Waals surface area (Å²) in [5, 5.41) is 20.3. The van der Waals surface area contributed by atoms with Crippen molar-refractivity contribution in [2.75, 3.05) is 0 Å². The van der Waals surface area contributed by atoms with E-state index in [0.717, 1.165) is 0 Å². The number of nitro groups is 2. The van der Waals surface area contributed by atoms with Crippen molar-refractivity contribution in [3.05, 3.63) is 63.2 Å². The topological polar surface area (TPSA) is 298 Å². The molecule has 2 heterocycles. The molecule has 0 spiro atoms. The lowest BCUT2D eigenvalue weighted by Gasteiger charge is -1.90. The monoisotopic (exact) mass is 469 g/mol. The Kier molecular flexibility index (Phi) is 10.7. The minimum absolute atomic E-state index is 0.0359. The van der Waals surface area contributed by atoms with Gasteiger partial charge in [0.05, 0.1) is 27.9 Å². The smallest absolute Gasteiger partial charge is 0.362 e. The number of rotatable bonds is 2. The number of fused-ring (bicyclic) bond motifs is 1. The van der Waals surface area contributed by atoms with E-state index in [1.807, 2.05) is 0 Å². The van der Waals surface area contributed by atoms with Gasteiger partial charge in [0.2, 0.25) is 0 Å². The molecule has 0 aliphatic rings. The second kappa shape index (κ2) is 11.9. The van der Waals surface area contributed by atoms with Crippen LogP contribution in [0.25, 0.3) is 11.0 Å². The Morgan fingerprint density at radius 3 is 1.87 bits per heavy atom. The van der Waals surface area contributed by atoms with E-state index in [2.05, 4.69) is 26.0 Å². The first-order valence-corrected chi connectivity index (χ1v) is 10.5. The van der Waals surface area contributed by atoms with Crippen molar-refractivity contribution in [1.82, 2.24) is 15.0 Å². The summed E-state index contributed by atoms with van der Waals surface area (Å²) in [7, 11) is -8.28. The number of nitro benzene ring substituents is 1. The van der Waals surface area contributed by atoms with Crippen molar-refractivity contribution in [1.29, 1.82) is 0 Å². The first-order valence-electron chi connectivity index (χ1n) is 7.11. The Morgan fingerprint density at radius 1 is 0.967 bits per heavy atom. The first kappa shape index (κ1) is 27.0.